The molecule has 2 heterocycles. The molecule has 8 nitrogen and oxygen atoms in total. The molecule has 27 heavy (non-hydrogen) atoms. The number of ether oxygens (including phenoxy) is 1. The number of benzene rings is 1. The summed E-state index contributed by atoms with van der Waals surface area (Å²) in [5, 5.41) is 7.49. The average Bonchev–Trinajstić information content (AvgIpc) is 3.03. The van der Waals surface area contributed by atoms with Gasteiger partial charge in [-0.3, -0.25) is 19.3 Å². The Balaban J connectivity index is 1.98. The lowest BCUT2D eigenvalue weighted by Gasteiger charge is -2.28. The van der Waals surface area contributed by atoms with Crippen molar-refractivity contribution in [2.45, 2.75) is 32.2 Å². The molecule has 0 unspecified atom stereocenters. The smallest absolute Gasteiger partial charge is 0.334 e. The Morgan fingerprint density at radius 1 is 1.19 bits per heavy atom. The summed E-state index contributed by atoms with van der Waals surface area (Å²) < 4.78 is 7.93. The zero-order valence-corrected chi connectivity index (χ0v) is 15.5. The Morgan fingerprint density at radius 2 is 1.85 bits per heavy atom. The molecule has 3 rings (SSSR count). The third kappa shape index (κ3) is 4.05. The van der Waals surface area contributed by atoms with E-state index in [4.69, 9.17) is 15.9 Å². The molecule has 1 aliphatic heterocycles. The minimum Gasteiger partial charge on any atom is -0.469 e. The molecule has 0 radical (unpaired) electrons. The summed E-state index contributed by atoms with van der Waals surface area (Å²) in [5.74, 6) is 0.461. The van der Waals surface area contributed by atoms with Gasteiger partial charge in [-0.1, -0.05) is 0 Å². The molecule has 0 atom stereocenters. The number of hydrogen-bond donors (Lipinski definition) is 2. The standard InChI is InChI=1S/C19H25N5O3/c1-27-17(25)9-12-23-16(22-10-3-2-4-11-22)13-24(19(23)26)15-7-5-14(6-8-15)18(20)21/h5-8,13H,2-4,9-12H2,1H3,(H3,20,21). The van der Waals surface area contributed by atoms with E-state index in [2.05, 4.69) is 4.90 Å². The van der Waals surface area contributed by atoms with Gasteiger partial charge in [0.05, 0.1) is 25.4 Å². The lowest BCUT2D eigenvalue weighted by atomic mass is 10.1. The maximum absolute atomic E-state index is 13.0. The first kappa shape index (κ1) is 18.8. The van der Waals surface area contributed by atoms with Crippen molar-refractivity contribution in [1.82, 2.24) is 9.13 Å². The number of esters is 1. The summed E-state index contributed by atoms with van der Waals surface area (Å²) in [6, 6.07) is 6.97. The number of nitrogens with two attached hydrogens (primary N) is 1. The highest BCUT2D eigenvalue weighted by Gasteiger charge is 2.20. The number of nitrogens with zero attached hydrogens (tertiary/aromatic N) is 3. The van der Waals surface area contributed by atoms with E-state index < -0.39 is 0 Å². The first-order chi connectivity index (χ1) is 13.0. The van der Waals surface area contributed by atoms with Crippen LogP contribution in [0.5, 0.6) is 0 Å². The molecule has 8 heteroatoms. The van der Waals surface area contributed by atoms with Crippen molar-refractivity contribution in [1.29, 1.82) is 5.41 Å². The number of carbonyl (C=O) groups excluding carboxylic acids is 1. The van der Waals surface area contributed by atoms with Gasteiger partial charge in [0.2, 0.25) is 0 Å². The van der Waals surface area contributed by atoms with Gasteiger partial charge in [-0.25, -0.2) is 4.79 Å². The summed E-state index contributed by atoms with van der Waals surface area (Å²) in [5.41, 5.74) is 6.60. The summed E-state index contributed by atoms with van der Waals surface area (Å²) in [7, 11) is 1.35. The number of nitrogen functional groups attached to an aromatic ring is 1. The van der Waals surface area contributed by atoms with Crippen molar-refractivity contribution in [3.63, 3.8) is 0 Å². The molecule has 1 aromatic carbocycles. The number of imidazole rings is 1. The molecule has 1 aromatic heterocycles. The molecule has 1 fully saturated rings. The SMILES string of the molecule is COC(=O)CCn1c(N2CCCCC2)cn(-c2ccc(C(=N)N)cc2)c1=O. The number of anilines is 1. The molecule has 1 aliphatic rings. The molecular formula is C19H25N5O3. The normalized spacial score (nSPS) is 14.2. The Kier molecular flexibility index (Phi) is 5.63. The molecule has 0 aliphatic carbocycles. The number of hydrogen-bond acceptors (Lipinski definition) is 5. The predicted molar refractivity (Wildman–Crippen MR) is 104 cm³/mol. The Hall–Kier alpha value is -3.03. The van der Waals surface area contributed by atoms with Crippen LogP contribution in [-0.4, -0.2) is 41.1 Å². The van der Waals surface area contributed by atoms with Crippen LogP contribution in [0.15, 0.2) is 35.3 Å². The number of piperidine rings is 1. The van der Waals surface area contributed by atoms with Gasteiger partial charge in [-0.2, -0.15) is 0 Å². The summed E-state index contributed by atoms with van der Waals surface area (Å²) in [4.78, 5) is 26.8. The number of aromatic nitrogens is 2. The fourth-order valence-electron chi connectivity index (χ4n) is 3.35. The monoisotopic (exact) mass is 371 g/mol. The van der Waals surface area contributed by atoms with E-state index in [1.165, 1.54) is 13.5 Å². The van der Waals surface area contributed by atoms with Gasteiger partial charge in [0.25, 0.3) is 0 Å². The van der Waals surface area contributed by atoms with Gasteiger partial charge in [0, 0.05) is 25.2 Å². The minimum atomic E-state index is -0.343. The molecule has 2 aromatic rings. The average molecular weight is 371 g/mol. The summed E-state index contributed by atoms with van der Waals surface area (Å²) in [6.07, 6.45) is 5.34. The second kappa shape index (κ2) is 8.11. The van der Waals surface area contributed by atoms with Gasteiger partial charge in [0.15, 0.2) is 0 Å². The van der Waals surface area contributed by atoms with E-state index in [0.29, 0.717) is 11.3 Å². The molecular weight excluding hydrogens is 346 g/mol. The van der Waals surface area contributed by atoms with Crippen LogP contribution in [0.3, 0.4) is 0 Å². The molecule has 0 spiro atoms. The van der Waals surface area contributed by atoms with Gasteiger partial charge in [-0.15, -0.1) is 0 Å². The fraction of sp³-hybridized carbons (Fsp3) is 0.421. The zero-order valence-electron chi connectivity index (χ0n) is 15.5. The molecule has 0 saturated carbocycles. The molecule has 0 bridgehead atoms. The van der Waals surface area contributed by atoms with Crippen LogP contribution in [0.25, 0.3) is 5.69 Å². The molecule has 3 N–H and O–H groups in total. The van der Waals surface area contributed by atoms with Crippen LogP contribution in [0.1, 0.15) is 31.2 Å². The van der Waals surface area contributed by atoms with Gasteiger partial charge < -0.3 is 15.4 Å². The fourth-order valence-corrected chi connectivity index (χ4v) is 3.35. The van der Waals surface area contributed by atoms with Crippen molar-refractivity contribution in [3.8, 4) is 5.69 Å². The zero-order chi connectivity index (χ0) is 19.4. The second-order valence-electron chi connectivity index (χ2n) is 6.63. The van der Waals surface area contributed by atoms with E-state index in [1.807, 2.05) is 6.20 Å². The van der Waals surface area contributed by atoms with E-state index in [0.717, 1.165) is 31.7 Å². The maximum atomic E-state index is 13.0. The van der Waals surface area contributed by atoms with Crippen molar-refractivity contribution < 1.29 is 9.53 Å². The highest BCUT2D eigenvalue weighted by Crippen LogP contribution is 2.21. The number of rotatable bonds is 6. The van der Waals surface area contributed by atoms with Crippen LogP contribution < -0.4 is 16.3 Å². The van der Waals surface area contributed by atoms with Crippen LogP contribution in [0.4, 0.5) is 5.82 Å². The van der Waals surface area contributed by atoms with Crippen LogP contribution in [-0.2, 0) is 16.1 Å². The minimum absolute atomic E-state index is 0.0152. The Labute approximate surface area is 157 Å². The van der Waals surface area contributed by atoms with Crippen LogP contribution in [0, 0.1) is 5.41 Å². The number of methoxy groups -OCH3 is 1. The van der Waals surface area contributed by atoms with E-state index >= 15 is 0 Å². The lowest BCUT2D eigenvalue weighted by Crippen LogP contribution is -2.33. The second-order valence-corrected chi connectivity index (χ2v) is 6.63. The van der Waals surface area contributed by atoms with Crippen molar-refractivity contribution in [2.75, 3.05) is 25.1 Å². The predicted octanol–water partition coefficient (Wildman–Crippen LogP) is 1.48. The highest BCUT2D eigenvalue weighted by molar-refractivity contribution is 5.95. The van der Waals surface area contributed by atoms with E-state index in [1.54, 1.807) is 33.4 Å². The summed E-state index contributed by atoms with van der Waals surface area (Å²) in [6.45, 7) is 2.06. The first-order valence-corrected chi connectivity index (χ1v) is 9.10. The summed E-state index contributed by atoms with van der Waals surface area (Å²) >= 11 is 0. The molecule has 0 amide bonds. The third-order valence-corrected chi connectivity index (χ3v) is 4.86. The van der Waals surface area contributed by atoms with Crippen molar-refractivity contribution in [3.05, 3.63) is 46.5 Å². The van der Waals surface area contributed by atoms with Crippen molar-refractivity contribution >= 4 is 17.6 Å². The maximum Gasteiger partial charge on any atom is 0.334 e. The quantitative estimate of drug-likeness (QED) is 0.454. The number of nitrogens with one attached hydrogen (secondary N) is 1. The van der Waals surface area contributed by atoms with Crippen molar-refractivity contribution in [2.24, 2.45) is 5.73 Å². The molecule has 1 saturated heterocycles. The Bertz CT molecular complexity index is 876. The first-order valence-electron chi connectivity index (χ1n) is 9.10. The van der Waals surface area contributed by atoms with Gasteiger partial charge >= 0.3 is 11.7 Å². The lowest BCUT2D eigenvalue weighted by molar-refractivity contribution is -0.140. The Morgan fingerprint density at radius 3 is 2.44 bits per heavy atom. The van der Waals surface area contributed by atoms with Crippen LogP contribution in [0.2, 0.25) is 0 Å². The highest BCUT2D eigenvalue weighted by atomic mass is 16.5. The number of carbonyl (C=O) groups is 1. The van der Waals surface area contributed by atoms with Crippen LogP contribution >= 0.6 is 0 Å². The van der Waals surface area contributed by atoms with E-state index in [9.17, 15) is 9.59 Å². The van der Waals surface area contributed by atoms with Gasteiger partial charge in [-0.05, 0) is 43.5 Å². The third-order valence-electron chi connectivity index (χ3n) is 4.86. The van der Waals surface area contributed by atoms with Gasteiger partial charge in [0.1, 0.15) is 11.7 Å². The molecule has 144 valence electrons. The van der Waals surface area contributed by atoms with E-state index in [-0.39, 0.29) is 30.5 Å². The largest absolute Gasteiger partial charge is 0.469 e. The topological polar surface area (TPSA) is 106 Å². The number of amidine groups is 1.